The van der Waals surface area contributed by atoms with Gasteiger partial charge in [0.25, 0.3) is 0 Å². The van der Waals surface area contributed by atoms with E-state index >= 15 is 0 Å². The van der Waals surface area contributed by atoms with Crippen LogP contribution in [0.15, 0.2) is 0 Å². The fraction of sp³-hybridized carbons (Fsp3) is 0.786. The maximum Gasteiger partial charge on any atom is 0.339 e. The Morgan fingerprint density at radius 3 is 2.33 bits per heavy atom. The number of terminal acetylenes is 1. The lowest BCUT2D eigenvalue weighted by atomic mass is 9.91. The van der Waals surface area contributed by atoms with Crippen LogP contribution in [0.2, 0.25) is 0 Å². The van der Waals surface area contributed by atoms with Crippen LogP contribution < -0.4 is 0 Å². The van der Waals surface area contributed by atoms with Crippen LogP contribution in [0.4, 0.5) is 0 Å². The van der Waals surface area contributed by atoms with E-state index in [9.17, 15) is 4.79 Å². The van der Waals surface area contributed by atoms with Gasteiger partial charge in [0.15, 0.2) is 5.60 Å². The molecule has 0 aliphatic carbocycles. The van der Waals surface area contributed by atoms with Gasteiger partial charge in [-0.3, -0.25) is 4.89 Å². The third kappa shape index (κ3) is 6.04. The van der Waals surface area contributed by atoms with E-state index in [0.29, 0.717) is 6.42 Å². The maximum absolute atomic E-state index is 10.7. The predicted octanol–water partition coefficient (Wildman–Crippen LogP) is 2.86. The molecule has 0 N–H and O–H groups in total. The van der Waals surface area contributed by atoms with E-state index < -0.39 is 11.6 Å². The monoisotopic (exact) mass is 256 g/mol. The number of rotatable bonds is 8. The molecule has 2 unspecified atom stereocenters. The van der Waals surface area contributed by atoms with Crippen LogP contribution in [-0.4, -0.2) is 24.3 Å². The van der Waals surface area contributed by atoms with Crippen LogP contribution in [0.25, 0.3) is 0 Å². The van der Waals surface area contributed by atoms with E-state index in [1.807, 2.05) is 0 Å². The largest absolute Gasteiger partial charge is 0.379 e. The lowest BCUT2D eigenvalue weighted by Gasteiger charge is -2.28. The van der Waals surface area contributed by atoms with E-state index in [1.165, 1.54) is 6.92 Å². The summed E-state index contributed by atoms with van der Waals surface area (Å²) in [5, 5.41) is 0. The lowest BCUT2D eigenvalue weighted by molar-refractivity contribution is -0.314. The first kappa shape index (κ1) is 16.9. The maximum atomic E-state index is 10.7. The predicted molar refractivity (Wildman–Crippen MR) is 69.6 cm³/mol. The quantitative estimate of drug-likeness (QED) is 0.380. The summed E-state index contributed by atoms with van der Waals surface area (Å²) < 4.78 is 5.46. The second-order valence-electron chi connectivity index (χ2n) is 4.89. The molecular weight excluding hydrogens is 232 g/mol. The fourth-order valence-corrected chi connectivity index (χ4v) is 1.51. The molecule has 0 aliphatic heterocycles. The molecule has 0 aromatic carbocycles. The highest BCUT2D eigenvalue weighted by molar-refractivity contribution is 5.65. The molecule has 0 aromatic rings. The number of carbonyl (C=O) groups excluding carboxylic acids is 1. The van der Waals surface area contributed by atoms with E-state index in [0.717, 1.165) is 19.3 Å². The number of hydrogen-bond donors (Lipinski definition) is 0. The zero-order chi connectivity index (χ0) is 14.2. The van der Waals surface area contributed by atoms with Gasteiger partial charge in [-0.1, -0.05) is 12.8 Å². The molecular formula is C14H24O4. The molecule has 0 fully saturated rings. The number of ether oxygens (including phenoxy) is 1. The van der Waals surface area contributed by atoms with Crippen LogP contribution in [0.1, 0.15) is 53.4 Å². The smallest absolute Gasteiger partial charge is 0.339 e. The molecule has 0 spiro atoms. The summed E-state index contributed by atoms with van der Waals surface area (Å²) in [7, 11) is 1.71. The Kier molecular flexibility index (Phi) is 6.97. The van der Waals surface area contributed by atoms with E-state index in [2.05, 4.69) is 24.7 Å². The molecule has 104 valence electrons. The van der Waals surface area contributed by atoms with E-state index in [-0.39, 0.29) is 5.60 Å². The highest BCUT2D eigenvalue weighted by Crippen LogP contribution is 2.25. The minimum absolute atomic E-state index is 0.142. The standard InChI is InChI=1S/C14H24O4/c1-7-13(4,16-6)10-9-11-14(5,8-2)18-17-12(3)15/h2H,7,9-11H2,1,3-6H3. The van der Waals surface area contributed by atoms with Crippen molar-refractivity contribution in [2.45, 2.75) is 64.6 Å². The number of hydrogen-bond acceptors (Lipinski definition) is 4. The number of carbonyl (C=O) groups is 1. The average Bonchev–Trinajstić information content (AvgIpc) is 2.36. The Hall–Kier alpha value is -1.05. The highest BCUT2D eigenvalue weighted by atomic mass is 17.2. The molecule has 0 saturated heterocycles. The Morgan fingerprint density at radius 2 is 1.94 bits per heavy atom. The molecule has 0 saturated carbocycles. The summed E-state index contributed by atoms with van der Waals surface area (Å²) in [5.41, 5.74) is -1.02. The molecule has 0 aliphatic rings. The van der Waals surface area contributed by atoms with E-state index in [4.69, 9.17) is 16.0 Å². The first-order valence-corrected chi connectivity index (χ1v) is 6.20. The minimum atomic E-state index is -0.881. The van der Waals surface area contributed by atoms with Crippen molar-refractivity contribution in [3.8, 4) is 12.3 Å². The zero-order valence-electron chi connectivity index (χ0n) is 12.0. The van der Waals surface area contributed by atoms with Crippen LogP contribution in [-0.2, 0) is 19.3 Å². The Balaban J connectivity index is 4.23. The summed E-state index contributed by atoms with van der Waals surface area (Å²) in [5.74, 6) is 2.01. The van der Waals surface area contributed by atoms with Crippen LogP contribution in [0.3, 0.4) is 0 Å². The second kappa shape index (κ2) is 7.40. The third-order valence-electron chi connectivity index (χ3n) is 3.25. The average molecular weight is 256 g/mol. The molecule has 4 heteroatoms. The Labute approximate surface area is 110 Å². The SMILES string of the molecule is C#CC(C)(CCCC(C)(CC)OC)OOC(C)=O. The lowest BCUT2D eigenvalue weighted by Crippen LogP contribution is -2.30. The van der Waals surface area contributed by atoms with Gasteiger partial charge < -0.3 is 4.74 Å². The first-order chi connectivity index (χ1) is 8.31. The molecule has 0 heterocycles. The molecule has 0 rings (SSSR count). The second-order valence-corrected chi connectivity index (χ2v) is 4.89. The molecule has 0 bridgehead atoms. The number of methoxy groups -OCH3 is 1. The van der Waals surface area contributed by atoms with Crippen LogP contribution in [0, 0.1) is 12.3 Å². The van der Waals surface area contributed by atoms with Gasteiger partial charge in [-0.05, 0) is 39.5 Å². The van der Waals surface area contributed by atoms with Crippen molar-refractivity contribution in [3.05, 3.63) is 0 Å². The van der Waals surface area contributed by atoms with Crippen molar-refractivity contribution in [2.75, 3.05) is 7.11 Å². The van der Waals surface area contributed by atoms with Crippen molar-refractivity contribution in [3.63, 3.8) is 0 Å². The zero-order valence-corrected chi connectivity index (χ0v) is 12.0. The van der Waals surface area contributed by atoms with Gasteiger partial charge >= 0.3 is 5.97 Å². The highest BCUT2D eigenvalue weighted by Gasteiger charge is 2.27. The molecule has 0 aromatic heterocycles. The van der Waals surface area contributed by atoms with E-state index in [1.54, 1.807) is 14.0 Å². The van der Waals surface area contributed by atoms with Gasteiger partial charge in [-0.2, -0.15) is 4.89 Å². The Bertz CT molecular complexity index is 301. The van der Waals surface area contributed by atoms with Gasteiger partial charge in [-0.25, -0.2) is 4.79 Å². The van der Waals surface area contributed by atoms with Crippen molar-refractivity contribution < 1.29 is 19.3 Å². The fourth-order valence-electron chi connectivity index (χ4n) is 1.51. The molecule has 2 atom stereocenters. The third-order valence-corrected chi connectivity index (χ3v) is 3.25. The van der Waals surface area contributed by atoms with Gasteiger partial charge in [0.05, 0.1) is 5.60 Å². The first-order valence-electron chi connectivity index (χ1n) is 6.20. The van der Waals surface area contributed by atoms with Gasteiger partial charge in [0, 0.05) is 14.0 Å². The Morgan fingerprint density at radius 1 is 1.33 bits per heavy atom. The van der Waals surface area contributed by atoms with Crippen molar-refractivity contribution >= 4 is 5.97 Å². The van der Waals surface area contributed by atoms with Crippen LogP contribution >= 0.6 is 0 Å². The summed E-state index contributed by atoms with van der Waals surface area (Å²) in [6.45, 7) is 7.15. The van der Waals surface area contributed by atoms with Crippen molar-refractivity contribution in [1.29, 1.82) is 0 Å². The molecule has 0 amide bonds. The summed E-state index contributed by atoms with van der Waals surface area (Å²) >= 11 is 0. The summed E-state index contributed by atoms with van der Waals surface area (Å²) in [4.78, 5) is 20.2. The normalized spacial score (nSPS) is 17.3. The van der Waals surface area contributed by atoms with Gasteiger partial charge in [0.2, 0.25) is 0 Å². The summed E-state index contributed by atoms with van der Waals surface area (Å²) in [6, 6.07) is 0. The molecule has 0 radical (unpaired) electrons. The van der Waals surface area contributed by atoms with Gasteiger partial charge in [-0.15, -0.1) is 6.42 Å². The molecule has 4 nitrogen and oxygen atoms in total. The molecule has 18 heavy (non-hydrogen) atoms. The van der Waals surface area contributed by atoms with Crippen molar-refractivity contribution in [1.82, 2.24) is 0 Å². The topological polar surface area (TPSA) is 44.8 Å². The van der Waals surface area contributed by atoms with Crippen LogP contribution in [0.5, 0.6) is 0 Å². The van der Waals surface area contributed by atoms with Gasteiger partial charge in [0.1, 0.15) is 0 Å². The summed E-state index contributed by atoms with van der Waals surface area (Å²) in [6.07, 6.45) is 8.66. The minimum Gasteiger partial charge on any atom is -0.379 e. The van der Waals surface area contributed by atoms with Crippen molar-refractivity contribution in [2.24, 2.45) is 0 Å².